The van der Waals surface area contributed by atoms with Crippen LogP contribution < -0.4 is 10.5 Å². The molecule has 15 heavy (non-hydrogen) atoms. The minimum absolute atomic E-state index is 0.0188. The quantitative estimate of drug-likeness (QED) is 0.462. The third-order valence-corrected chi connectivity index (χ3v) is 3.71. The Labute approximate surface area is 92.0 Å². The van der Waals surface area contributed by atoms with Gasteiger partial charge in [-0.05, 0) is 5.92 Å². The first-order chi connectivity index (χ1) is 6.57. The Kier molecular flexibility index (Phi) is 4.73. The topological polar surface area (TPSA) is 96.0 Å². The standard InChI is InChI=1S/C9H21N3O2S/c1-7(2)5-15(13,14)12-6-9(3,4)8(10)11/h7,12H,5-6H2,1-4H3,(H3,10,11). The second-order valence-electron chi connectivity index (χ2n) is 4.79. The first-order valence-corrected chi connectivity index (χ1v) is 6.54. The number of amidine groups is 1. The summed E-state index contributed by atoms with van der Waals surface area (Å²) in [6, 6.07) is 0. The fourth-order valence-corrected chi connectivity index (χ4v) is 2.46. The Balaban J connectivity index is 4.34. The van der Waals surface area contributed by atoms with Gasteiger partial charge in [-0.1, -0.05) is 27.7 Å². The molecule has 90 valence electrons. The molecule has 0 spiro atoms. The molecule has 0 aliphatic heterocycles. The molecule has 0 fully saturated rings. The average molecular weight is 235 g/mol. The minimum atomic E-state index is -3.25. The highest BCUT2D eigenvalue weighted by atomic mass is 32.2. The molecule has 0 aliphatic rings. The van der Waals surface area contributed by atoms with E-state index in [4.69, 9.17) is 11.1 Å². The van der Waals surface area contributed by atoms with E-state index in [9.17, 15) is 8.42 Å². The van der Waals surface area contributed by atoms with Gasteiger partial charge in [0.15, 0.2) is 0 Å². The number of sulfonamides is 1. The van der Waals surface area contributed by atoms with Crippen LogP contribution in [-0.4, -0.2) is 26.6 Å². The predicted molar refractivity (Wildman–Crippen MR) is 62.3 cm³/mol. The zero-order valence-corrected chi connectivity index (χ0v) is 10.6. The molecule has 0 radical (unpaired) electrons. The van der Waals surface area contributed by atoms with Gasteiger partial charge in [0.25, 0.3) is 0 Å². The van der Waals surface area contributed by atoms with E-state index in [1.165, 1.54) is 0 Å². The average Bonchev–Trinajstić information content (AvgIpc) is 1.98. The summed E-state index contributed by atoms with van der Waals surface area (Å²) in [6.45, 7) is 7.31. The molecule has 0 unspecified atom stereocenters. The van der Waals surface area contributed by atoms with Crippen LogP contribution in [-0.2, 0) is 10.0 Å². The first kappa shape index (κ1) is 14.4. The Morgan fingerprint density at radius 3 is 2.27 bits per heavy atom. The summed E-state index contributed by atoms with van der Waals surface area (Å²) in [6.07, 6.45) is 0. The van der Waals surface area contributed by atoms with E-state index in [1.54, 1.807) is 13.8 Å². The molecule has 0 aliphatic carbocycles. The third kappa shape index (κ3) is 5.74. The van der Waals surface area contributed by atoms with Crippen molar-refractivity contribution in [1.82, 2.24) is 4.72 Å². The first-order valence-electron chi connectivity index (χ1n) is 4.88. The highest BCUT2D eigenvalue weighted by Crippen LogP contribution is 2.13. The zero-order valence-electron chi connectivity index (χ0n) is 9.79. The van der Waals surface area contributed by atoms with Crippen molar-refractivity contribution in [2.45, 2.75) is 27.7 Å². The minimum Gasteiger partial charge on any atom is -0.387 e. The van der Waals surface area contributed by atoms with E-state index in [2.05, 4.69) is 4.72 Å². The van der Waals surface area contributed by atoms with Crippen molar-refractivity contribution in [2.75, 3.05) is 12.3 Å². The molecule has 0 heterocycles. The van der Waals surface area contributed by atoms with E-state index in [0.717, 1.165) is 0 Å². The molecule has 0 saturated carbocycles. The predicted octanol–water partition coefficient (Wildman–Crippen LogP) is 0.524. The summed E-state index contributed by atoms with van der Waals surface area (Å²) >= 11 is 0. The zero-order chi connectivity index (χ0) is 12.3. The molecule has 4 N–H and O–H groups in total. The van der Waals surface area contributed by atoms with Gasteiger partial charge in [-0.2, -0.15) is 0 Å². The van der Waals surface area contributed by atoms with Crippen LogP contribution in [0.15, 0.2) is 0 Å². The molecule has 0 aromatic carbocycles. The van der Waals surface area contributed by atoms with Gasteiger partial charge in [0, 0.05) is 12.0 Å². The molecule has 0 saturated heterocycles. The summed E-state index contributed by atoms with van der Waals surface area (Å²) in [5.41, 5.74) is 4.71. The van der Waals surface area contributed by atoms with Crippen LogP contribution >= 0.6 is 0 Å². The van der Waals surface area contributed by atoms with E-state index in [0.29, 0.717) is 0 Å². The van der Waals surface area contributed by atoms with Crippen molar-refractivity contribution in [2.24, 2.45) is 17.1 Å². The van der Waals surface area contributed by atoms with Crippen molar-refractivity contribution in [3.63, 3.8) is 0 Å². The number of hydrogen-bond donors (Lipinski definition) is 3. The lowest BCUT2D eigenvalue weighted by Crippen LogP contribution is -2.43. The highest BCUT2D eigenvalue weighted by molar-refractivity contribution is 7.89. The van der Waals surface area contributed by atoms with Gasteiger partial charge in [0.1, 0.15) is 0 Å². The third-order valence-electron chi connectivity index (χ3n) is 2.02. The van der Waals surface area contributed by atoms with E-state index in [-0.39, 0.29) is 24.1 Å². The molecule has 0 rings (SSSR count). The smallest absolute Gasteiger partial charge is 0.211 e. The van der Waals surface area contributed by atoms with Gasteiger partial charge < -0.3 is 5.73 Å². The van der Waals surface area contributed by atoms with Gasteiger partial charge >= 0.3 is 0 Å². The van der Waals surface area contributed by atoms with Crippen LogP contribution in [0.4, 0.5) is 0 Å². The van der Waals surface area contributed by atoms with Crippen LogP contribution in [0.3, 0.4) is 0 Å². The molecule has 0 amide bonds. The maximum Gasteiger partial charge on any atom is 0.211 e. The van der Waals surface area contributed by atoms with Gasteiger partial charge in [0.2, 0.25) is 10.0 Å². The summed E-state index contributed by atoms with van der Waals surface area (Å²) in [5.74, 6) is 0.166. The van der Waals surface area contributed by atoms with E-state index >= 15 is 0 Å². The number of rotatable bonds is 6. The maximum atomic E-state index is 11.5. The van der Waals surface area contributed by atoms with Crippen LogP contribution in [0, 0.1) is 16.7 Å². The SMILES string of the molecule is CC(C)CS(=O)(=O)NCC(C)(C)C(=N)N. The molecular formula is C9H21N3O2S. The second kappa shape index (κ2) is 4.94. The summed E-state index contributed by atoms with van der Waals surface area (Å²) < 4.78 is 25.4. The van der Waals surface area contributed by atoms with Crippen LogP contribution in [0.1, 0.15) is 27.7 Å². The van der Waals surface area contributed by atoms with Gasteiger partial charge in [0.05, 0.1) is 11.6 Å². The number of hydrogen-bond acceptors (Lipinski definition) is 3. The van der Waals surface area contributed by atoms with E-state index < -0.39 is 15.4 Å². The second-order valence-corrected chi connectivity index (χ2v) is 6.65. The lowest BCUT2D eigenvalue weighted by atomic mass is 9.93. The van der Waals surface area contributed by atoms with Crippen LogP contribution in [0.25, 0.3) is 0 Å². The Hall–Kier alpha value is -0.620. The van der Waals surface area contributed by atoms with Crippen molar-refractivity contribution < 1.29 is 8.42 Å². The van der Waals surface area contributed by atoms with Crippen molar-refractivity contribution in [1.29, 1.82) is 5.41 Å². The number of nitrogens with one attached hydrogen (secondary N) is 2. The fourth-order valence-electron chi connectivity index (χ4n) is 0.883. The summed E-state index contributed by atoms with van der Waals surface area (Å²) in [7, 11) is -3.25. The normalized spacial score (nSPS) is 13.1. The maximum absolute atomic E-state index is 11.5. The molecule has 0 aromatic rings. The Morgan fingerprint density at radius 1 is 1.47 bits per heavy atom. The largest absolute Gasteiger partial charge is 0.387 e. The highest BCUT2D eigenvalue weighted by Gasteiger charge is 2.24. The van der Waals surface area contributed by atoms with Crippen molar-refractivity contribution >= 4 is 15.9 Å². The van der Waals surface area contributed by atoms with E-state index in [1.807, 2.05) is 13.8 Å². The summed E-state index contributed by atoms with van der Waals surface area (Å²) in [4.78, 5) is 0. The number of nitrogens with two attached hydrogens (primary N) is 1. The van der Waals surface area contributed by atoms with Crippen LogP contribution in [0.2, 0.25) is 0 Å². The molecule has 6 heteroatoms. The van der Waals surface area contributed by atoms with Crippen LogP contribution in [0.5, 0.6) is 0 Å². The van der Waals surface area contributed by atoms with Gasteiger partial charge in [-0.15, -0.1) is 0 Å². The molecule has 0 atom stereocenters. The molecular weight excluding hydrogens is 214 g/mol. The lowest BCUT2D eigenvalue weighted by molar-refractivity contribution is 0.490. The Bertz CT molecular complexity index is 320. The van der Waals surface area contributed by atoms with Crippen molar-refractivity contribution in [3.05, 3.63) is 0 Å². The Morgan fingerprint density at radius 2 is 1.93 bits per heavy atom. The summed E-state index contributed by atoms with van der Waals surface area (Å²) in [5, 5.41) is 7.29. The molecule has 0 bridgehead atoms. The lowest BCUT2D eigenvalue weighted by Gasteiger charge is -2.23. The molecule has 5 nitrogen and oxygen atoms in total. The van der Waals surface area contributed by atoms with Gasteiger partial charge in [-0.3, -0.25) is 5.41 Å². The molecule has 0 aromatic heterocycles. The monoisotopic (exact) mass is 235 g/mol. The fraction of sp³-hybridized carbons (Fsp3) is 0.889. The van der Waals surface area contributed by atoms with Crippen molar-refractivity contribution in [3.8, 4) is 0 Å². The van der Waals surface area contributed by atoms with Gasteiger partial charge in [-0.25, -0.2) is 13.1 Å².